The van der Waals surface area contributed by atoms with Crippen LogP contribution in [0.4, 0.5) is 0 Å². The zero-order valence-electron chi connectivity index (χ0n) is 10.8. The lowest BCUT2D eigenvalue weighted by Crippen LogP contribution is -2.28. The number of rotatable bonds is 3. The summed E-state index contributed by atoms with van der Waals surface area (Å²) in [6.07, 6.45) is 1.78. The number of hydrogen-bond donors (Lipinski definition) is 1. The summed E-state index contributed by atoms with van der Waals surface area (Å²) in [4.78, 5) is 0. The van der Waals surface area contributed by atoms with Gasteiger partial charge in [-0.25, -0.2) is 0 Å². The highest BCUT2D eigenvalue weighted by Crippen LogP contribution is 2.23. The molecule has 0 bridgehead atoms. The molecule has 0 aliphatic carbocycles. The first kappa shape index (κ1) is 12.5. The molecule has 1 aromatic heterocycles. The van der Waals surface area contributed by atoms with Gasteiger partial charge in [0, 0.05) is 23.7 Å². The maximum atomic E-state index is 6.20. The van der Waals surface area contributed by atoms with Gasteiger partial charge in [0.1, 0.15) is 6.61 Å². The first-order valence-corrected chi connectivity index (χ1v) is 6.75. The molecule has 0 unspecified atom stereocenters. The summed E-state index contributed by atoms with van der Waals surface area (Å²) >= 11 is 6.20. The van der Waals surface area contributed by atoms with E-state index in [0.717, 1.165) is 47.2 Å². The van der Waals surface area contributed by atoms with Crippen LogP contribution in [-0.4, -0.2) is 16.3 Å². The van der Waals surface area contributed by atoms with Gasteiger partial charge < -0.3 is 10.1 Å². The van der Waals surface area contributed by atoms with Gasteiger partial charge in [-0.1, -0.05) is 23.7 Å². The van der Waals surface area contributed by atoms with E-state index in [1.54, 1.807) is 6.20 Å². The number of halogens is 1. The lowest BCUT2D eigenvalue weighted by Gasteiger charge is -2.16. The molecule has 1 aliphatic heterocycles. The number of hydrogen-bond acceptors (Lipinski definition) is 3. The maximum Gasteiger partial charge on any atom is 0.162 e. The van der Waals surface area contributed by atoms with Gasteiger partial charge in [0.25, 0.3) is 0 Å². The first-order valence-electron chi connectivity index (χ1n) is 6.37. The van der Waals surface area contributed by atoms with Crippen LogP contribution in [0.3, 0.4) is 0 Å². The van der Waals surface area contributed by atoms with Gasteiger partial charge >= 0.3 is 0 Å². The second kappa shape index (κ2) is 5.23. The van der Waals surface area contributed by atoms with Crippen LogP contribution < -0.4 is 10.1 Å². The van der Waals surface area contributed by atoms with Crippen LogP contribution in [-0.2, 0) is 19.7 Å². The van der Waals surface area contributed by atoms with E-state index in [0.29, 0.717) is 6.61 Å². The van der Waals surface area contributed by atoms with E-state index in [2.05, 4.69) is 10.4 Å². The number of aryl methyl sites for hydroxylation is 1. The third-order valence-electron chi connectivity index (χ3n) is 3.29. The zero-order chi connectivity index (χ0) is 13.2. The third kappa shape index (κ3) is 2.60. The normalized spacial score (nSPS) is 14.2. The Morgan fingerprint density at radius 2 is 2.37 bits per heavy atom. The summed E-state index contributed by atoms with van der Waals surface area (Å²) in [6, 6.07) is 6.00. The SMILES string of the molecule is Cc1ccc(COc2cnn3c2CNCC3)c(Cl)c1. The minimum Gasteiger partial charge on any atom is -0.485 e. The van der Waals surface area contributed by atoms with E-state index >= 15 is 0 Å². The number of nitrogens with one attached hydrogen (secondary N) is 1. The molecule has 1 aliphatic rings. The van der Waals surface area contributed by atoms with Crippen LogP contribution in [0.5, 0.6) is 5.75 Å². The van der Waals surface area contributed by atoms with E-state index in [9.17, 15) is 0 Å². The molecule has 1 N–H and O–H groups in total. The van der Waals surface area contributed by atoms with Crippen LogP contribution in [0.25, 0.3) is 0 Å². The first-order chi connectivity index (χ1) is 9.24. The second-order valence-electron chi connectivity index (χ2n) is 4.74. The molecule has 0 amide bonds. The van der Waals surface area contributed by atoms with Crippen molar-refractivity contribution < 1.29 is 4.74 Å². The molecule has 0 atom stereocenters. The summed E-state index contributed by atoms with van der Waals surface area (Å²) in [5, 5.41) is 8.39. The number of fused-ring (bicyclic) bond motifs is 1. The monoisotopic (exact) mass is 277 g/mol. The van der Waals surface area contributed by atoms with Gasteiger partial charge in [-0.05, 0) is 18.6 Å². The molecule has 3 rings (SSSR count). The standard InChI is InChI=1S/C14H16ClN3O/c1-10-2-3-11(12(15)6-10)9-19-14-8-17-18-5-4-16-7-13(14)18/h2-3,6,8,16H,4-5,7,9H2,1H3. The molecule has 4 nitrogen and oxygen atoms in total. The number of ether oxygens (including phenoxy) is 1. The zero-order valence-corrected chi connectivity index (χ0v) is 11.6. The third-order valence-corrected chi connectivity index (χ3v) is 3.65. The Balaban J connectivity index is 1.74. The molecule has 1 aromatic carbocycles. The predicted molar refractivity (Wildman–Crippen MR) is 74.5 cm³/mol. The molecular formula is C14H16ClN3O. The highest BCUT2D eigenvalue weighted by molar-refractivity contribution is 6.31. The number of benzene rings is 1. The summed E-state index contributed by atoms with van der Waals surface area (Å²) in [5.41, 5.74) is 3.26. The quantitative estimate of drug-likeness (QED) is 0.937. The Hall–Kier alpha value is -1.52. The molecular weight excluding hydrogens is 262 g/mol. The molecule has 0 radical (unpaired) electrons. The van der Waals surface area contributed by atoms with E-state index in [1.165, 1.54) is 0 Å². The second-order valence-corrected chi connectivity index (χ2v) is 5.15. The smallest absolute Gasteiger partial charge is 0.162 e. The van der Waals surface area contributed by atoms with Crippen molar-refractivity contribution in [2.75, 3.05) is 6.54 Å². The average molecular weight is 278 g/mol. The largest absolute Gasteiger partial charge is 0.485 e. The molecule has 0 saturated carbocycles. The highest BCUT2D eigenvalue weighted by atomic mass is 35.5. The highest BCUT2D eigenvalue weighted by Gasteiger charge is 2.15. The molecule has 100 valence electrons. The lowest BCUT2D eigenvalue weighted by atomic mass is 10.2. The summed E-state index contributed by atoms with van der Waals surface area (Å²) in [7, 11) is 0. The molecule has 19 heavy (non-hydrogen) atoms. The fourth-order valence-corrected chi connectivity index (χ4v) is 2.49. The van der Waals surface area contributed by atoms with Gasteiger partial charge in [0.15, 0.2) is 5.75 Å². The van der Waals surface area contributed by atoms with Crippen LogP contribution in [0, 0.1) is 6.92 Å². The van der Waals surface area contributed by atoms with Crippen molar-refractivity contribution in [2.24, 2.45) is 0 Å². The van der Waals surface area contributed by atoms with Crippen molar-refractivity contribution in [3.05, 3.63) is 46.2 Å². The van der Waals surface area contributed by atoms with Crippen LogP contribution in [0.15, 0.2) is 24.4 Å². The van der Waals surface area contributed by atoms with Crippen LogP contribution >= 0.6 is 11.6 Å². The summed E-state index contributed by atoms with van der Waals surface area (Å²) in [6.45, 7) is 5.15. The lowest BCUT2D eigenvalue weighted by molar-refractivity contribution is 0.298. The summed E-state index contributed by atoms with van der Waals surface area (Å²) in [5.74, 6) is 0.837. The van der Waals surface area contributed by atoms with E-state index in [1.807, 2.05) is 29.8 Å². The summed E-state index contributed by atoms with van der Waals surface area (Å²) < 4.78 is 7.83. The van der Waals surface area contributed by atoms with E-state index in [-0.39, 0.29) is 0 Å². The molecule has 0 fully saturated rings. The minimum absolute atomic E-state index is 0.470. The molecule has 0 spiro atoms. The van der Waals surface area contributed by atoms with Gasteiger partial charge in [-0.15, -0.1) is 0 Å². The predicted octanol–water partition coefficient (Wildman–Crippen LogP) is 2.53. The van der Waals surface area contributed by atoms with Crippen molar-refractivity contribution in [1.29, 1.82) is 0 Å². The fourth-order valence-electron chi connectivity index (χ4n) is 2.20. The van der Waals surface area contributed by atoms with Gasteiger partial charge in [-0.2, -0.15) is 5.10 Å². The minimum atomic E-state index is 0.470. The van der Waals surface area contributed by atoms with Gasteiger partial charge in [0.05, 0.1) is 18.4 Å². The van der Waals surface area contributed by atoms with Gasteiger partial charge in [-0.3, -0.25) is 4.68 Å². The van der Waals surface area contributed by atoms with Crippen molar-refractivity contribution >= 4 is 11.6 Å². The topological polar surface area (TPSA) is 39.1 Å². The Labute approximate surface area is 117 Å². The van der Waals surface area contributed by atoms with Crippen molar-refractivity contribution in [1.82, 2.24) is 15.1 Å². The van der Waals surface area contributed by atoms with E-state index < -0.39 is 0 Å². The Morgan fingerprint density at radius 1 is 1.47 bits per heavy atom. The van der Waals surface area contributed by atoms with Crippen molar-refractivity contribution in [3.8, 4) is 5.75 Å². The molecule has 2 aromatic rings. The number of aromatic nitrogens is 2. The van der Waals surface area contributed by atoms with Crippen LogP contribution in [0.1, 0.15) is 16.8 Å². The molecule has 2 heterocycles. The van der Waals surface area contributed by atoms with Crippen molar-refractivity contribution in [3.63, 3.8) is 0 Å². The van der Waals surface area contributed by atoms with E-state index in [4.69, 9.17) is 16.3 Å². The van der Waals surface area contributed by atoms with Crippen LogP contribution in [0.2, 0.25) is 5.02 Å². The van der Waals surface area contributed by atoms with Gasteiger partial charge in [0.2, 0.25) is 0 Å². The Kier molecular flexibility index (Phi) is 3.44. The fraction of sp³-hybridized carbons (Fsp3) is 0.357. The maximum absolute atomic E-state index is 6.20. The average Bonchev–Trinajstić information content (AvgIpc) is 2.81. The Morgan fingerprint density at radius 3 is 3.21 bits per heavy atom. The number of nitrogens with zero attached hydrogens (tertiary/aromatic N) is 2. The molecule has 5 heteroatoms. The Bertz CT molecular complexity index is 594. The van der Waals surface area contributed by atoms with Crippen molar-refractivity contribution in [2.45, 2.75) is 26.6 Å². The molecule has 0 saturated heterocycles.